The highest BCUT2D eigenvalue weighted by Gasteiger charge is 2.33. The van der Waals surface area contributed by atoms with E-state index in [2.05, 4.69) is 13.5 Å². The summed E-state index contributed by atoms with van der Waals surface area (Å²) in [5, 5.41) is 1.08. The van der Waals surface area contributed by atoms with Crippen molar-refractivity contribution in [1.82, 2.24) is 0 Å². The summed E-state index contributed by atoms with van der Waals surface area (Å²) in [5.74, 6) is 0. The molecule has 0 spiro atoms. The van der Waals surface area contributed by atoms with Gasteiger partial charge in [-0.15, -0.1) is 0 Å². The van der Waals surface area contributed by atoms with Crippen LogP contribution in [0.2, 0.25) is 0 Å². The van der Waals surface area contributed by atoms with Crippen LogP contribution in [0, 0.1) is 0 Å². The van der Waals surface area contributed by atoms with Crippen molar-refractivity contribution in [2.45, 2.75) is 33.1 Å². The number of rotatable bonds is 7. The van der Waals surface area contributed by atoms with Gasteiger partial charge in [-0.3, -0.25) is 0 Å². The van der Waals surface area contributed by atoms with Crippen LogP contribution in [0.1, 0.15) is 33.1 Å². The minimum atomic E-state index is -3.19. The third-order valence-electron chi connectivity index (χ3n) is 2.51. The lowest BCUT2D eigenvalue weighted by Crippen LogP contribution is -2.49. The van der Waals surface area contributed by atoms with Crippen molar-refractivity contribution in [1.29, 1.82) is 0 Å². The van der Waals surface area contributed by atoms with Gasteiger partial charge in [0.2, 0.25) is 0 Å². The Bertz CT molecular complexity index is 272. The van der Waals surface area contributed by atoms with E-state index in [4.69, 9.17) is 0 Å². The van der Waals surface area contributed by atoms with Crippen molar-refractivity contribution >= 4 is 10.0 Å². The van der Waals surface area contributed by atoms with Gasteiger partial charge in [0.15, 0.2) is 0 Å². The Morgan fingerprint density at radius 3 is 2.14 bits per heavy atom. The summed E-state index contributed by atoms with van der Waals surface area (Å²) < 4.78 is 23.6. The Balaban J connectivity index is 4.79. The first-order chi connectivity index (χ1) is 6.43. The Labute approximate surface area is 88.1 Å². The predicted octanol–water partition coefficient (Wildman–Crippen LogP) is 2.12. The number of quaternary nitrogens is 1. The molecule has 0 saturated carbocycles. The normalized spacial score (nSPS) is 16.2. The molecule has 0 saturated heterocycles. The van der Waals surface area contributed by atoms with Gasteiger partial charge in [-0.2, -0.15) is 8.42 Å². The molecule has 4 heteroatoms. The fourth-order valence-corrected chi connectivity index (χ4v) is 2.69. The fraction of sp³-hybridized carbons (Fsp3) is 0.800. The van der Waals surface area contributed by atoms with Crippen molar-refractivity contribution in [2.24, 2.45) is 0 Å². The first-order valence-corrected chi connectivity index (χ1v) is 6.66. The predicted molar refractivity (Wildman–Crippen MR) is 60.2 cm³/mol. The molecule has 0 aliphatic carbocycles. The zero-order chi connectivity index (χ0) is 11.2. The zero-order valence-corrected chi connectivity index (χ0v) is 10.3. The number of unbranched alkanes of at least 4 members (excludes halogenated alkanes) is 1. The maximum atomic E-state index is 11.8. The smallest absolute Gasteiger partial charge is 0.217 e. The first-order valence-electron chi connectivity index (χ1n) is 5.15. The number of nitrogens with zero attached hydrogens (tertiary/aromatic N) is 1. The average molecular weight is 220 g/mol. The van der Waals surface area contributed by atoms with Gasteiger partial charge in [-0.25, -0.2) is 3.89 Å². The second-order valence-electron chi connectivity index (χ2n) is 3.78. The summed E-state index contributed by atoms with van der Waals surface area (Å²) in [5.41, 5.74) is 0. The molecule has 0 radical (unpaired) electrons. The standard InChI is InChI=1S/C10H22NO2S/c1-5-8-10-11(4,9-6-2)14(12,13)7-3/h7H,3,5-6,8-10H2,1-2,4H3/q+1. The van der Waals surface area contributed by atoms with Crippen LogP contribution in [0.4, 0.5) is 0 Å². The fourth-order valence-electron chi connectivity index (χ4n) is 1.51. The second kappa shape index (κ2) is 5.51. The molecule has 0 rings (SSSR count). The molecule has 0 heterocycles. The molecule has 0 bridgehead atoms. The SMILES string of the molecule is C=CS(=O)(=O)[N+](C)(CCC)CCCC. The molecule has 0 aliphatic rings. The molecule has 0 aromatic rings. The van der Waals surface area contributed by atoms with Gasteiger partial charge in [0.05, 0.1) is 25.5 Å². The molecule has 0 N–H and O–H groups in total. The third-order valence-corrected chi connectivity index (χ3v) is 4.52. The van der Waals surface area contributed by atoms with Crippen LogP contribution in [0.5, 0.6) is 0 Å². The Hall–Kier alpha value is -0.350. The van der Waals surface area contributed by atoms with Gasteiger partial charge in [-0.1, -0.05) is 26.8 Å². The molecule has 84 valence electrons. The number of hydrogen-bond donors (Lipinski definition) is 0. The summed E-state index contributed by atoms with van der Waals surface area (Å²) in [6.45, 7) is 8.79. The van der Waals surface area contributed by atoms with Gasteiger partial charge in [0, 0.05) is 0 Å². The molecular formula is C10H22NO2S+. The average Bonchev–Trinajstić information content (AvgIpc) is 2.15. The van der Waals surface area contributed by atoms with E-state index in [9.17, 15) is 8.42 Å². The molecular weight excluding hydrogens is 198 g/mol. The minimum absolute atomic E-state index is 0.0981. The number of sulfonamides is 1. The molecule has 0 aromatic carbocycles. The van der Waals surface area contributed by atoms with E-state index in [1.54, 1.807) is 7.05 Å². The number of hydrogen-bond acceptors (Lipinski definition) is 2. The molecule has 0 aromatic heterocycles. The summed E-state index contributed by atoms with van der Waals surface area (Å²) in [4.78, 5) is 0. The van der Waals surface area contributed by atoms with Crippen molar-refractivity contribution in [3.63, 3.8) is 0 Å². The maximum absolute atomic E-state index is 11.8. The molecule has 3 nitrogen and oxygen atoms in total. The lowest BCUT2D eigenvalue weighted by Gasteiger charge is -2.31. The quantitative estimate of drug-likeness (QED) is 0.616. The topological polar surface area (TPSA) is 34.1 Å². The van der Waals surface area contributed by atoms with E-state index in [0.717, 1.165) is 24.7 Å². The van der Waals surface area contributed by atoms with Crippen molar-refractivity contribution < 1.29 is 12.3 Å². The summed E-state index contributed by atoms with van der Waals surface area (Å²) in [7, 11) is -1.42. The van der Waals surface area contributed by atoms with Gasteiger partial charge >= 0.3 is 10.0 Å². The highest BCUT2D eigenvalue weighted by atomic mass is 32.2. The van der Waals surface area contributed by atoms with Crippen LogP contribution in [-0.4, -0.2) is 32.4 Å². The summed E-state index contributed by atoms with van der Waals surface area (Å²) in [6, 6.07) is 0. The van der Waals surface area contributed by atoms with E-state index in [0.29, 0.717) is 13.1 Å². The summed E-state index contributed by atoms with van der Waals surface area (Å²) >= 11 is 0. The monoisotopic (exact) mass is 220 g/mol. The maximum Gasteiger partial charge on any atom is 0.319 e. The lowest BCUT2D eigenvalue weighted by atomic mass is 10.3. The van der Waals surface area contributed by atoms with Crippen LogP contribution in [0.15, 0.2) is 12.0 Å². The van der Waals surface area contributed by atoms with E-state index < -0.39 is 10.0 Å². The molecule has 14 heavy (non-hydrogen) atoms. The Kier molecular flexibility index (Phi) is 5.37. The van der Waals surface area contributed by atoms with Crippen LogP contribution in [0.25, 0.3) is 0 Å². The van der Waals surface area contributed by atoms with E-state index in [1.165, 1.54) is 0 Å². The second-order valence-corrected chi connectivity index (χ2v) is 6.02. The van der Waals surface area contributed by atoms with E-state index >= 15 is 0 Å². The molecule has 0 amide bonds. The van der Waals surface area contributed by atoms with Crippen LogP contribution in [-0.2, 0) is 10.0 Å². The van der Waals surface area contributed by atoms with Crippen molar-refractivity contribution in [3.05, 3.63) is 12.0 Å². The highest BCUT2D eigenvalue weighted by molar-refractivity contribution is 7.88. The van der Waals surface area contributed by atoms with Crippen molar-refractivity contribution in [3.8, 4) is 0 Å². The van der Waals surface area contributed by atoms with Crippen LogP contribution < -0.4 is 0 Å². The van der Waals surface area contributed by atoms with Gasteiger partial charge in [0.1, 0.15) is 0 Å². The van der Waals surface area contributed by atoms with Gasteiger partial charge < -0.3 is 0 Å². The molecule has 1 unspecified atom stereocenters. The van der Waals surface area contributed by atoms with Crippen molar-refractivity contribution in [2.75, 3.05) is 20.1 Å². The van der Waals surface area contributed by atoms with Gasteiger partial charge in [-0.05, 0) is 12.8 Å². The highest BCUT2D eigenvalue weighted by Crippen LogP contribution is 2.16. The van der Waals surface area contributed by atoms with Crippen LogP contribution in [0.3, 0.4) is 0 Å². The van der Waals surface area contributed by atoms with Gasteiger partial charge in [0.25, 0.3) is 0 Å². The third kappa shape index (κ3) is 3.10. The van der Waals surface area contributed by atoms with E-state index in [1.807, 2.05) is 6.92 Å². The lowest BCUT2D eigenvalue weighted by molar-refractivity contribution is -0.784. The van der Waals surface area contributed by atoms with E-state index in [-0.39, 0.29) is 3.89 Å². The zero-order valence-electron chi connectivity index (χ0n) is 9.49. The molecule has 0 aliphatic heterocycles. The molecule has 1 atom stereocenters. The van der Waals surface area contributed by atoms with Crippen LogP contribution >= 0.6 is 0 Å². The summed E-state index contributed by atoms with van der Waals surface area (Å²) in [6.07, 6.45) is 2.82. The largest absolute Gasteiger partial charge is 0.319 e. The Morgan fingerprint density at radius 2 is 1.79 bits per heavy atom. The Morgan fingerprint density at radius 1 is 1.21 bits per heavy atom. The first kappa shape index (κ1) is 13.7. The molecule has 0 fully saturated rings. The minimum Gasteiger partial charge on any atom is -0.217 e.